The van der Waals surface area contributed by atoms with Crippen molar-refractivity contribution in [3.05, 3.63) is 57.0 Å². The summed E-state index contributed by atoms with van der Waals surface area (Å²) in [6.45, 7) is 5.34. The van der Waals surface area contributed by atoms with Crippen LogP contribution in [0.25, 0.3) is 0 Å². The van der Waals surface area contributed by atoms with E-state index >= 15 is 0 Å². The number of aryl methyl sites for hydroxylation is 2. The number of nitrogens with zero attached hydrogens (tertiary/aromatic N) is 2. The van der Waals surface area contributed by atoms with Gasteiger partial charge in [0.05, 0.1) is 11.9 Å². The Morgan fingerprint density at radius 3 is 2.67 bits per heavy atom. The van der Waals surface area contributed by atoms with E-state index in [4.69, 9.17) is 11.6 Å². The first-order chi connectivity index (χ1) is 10.1. The highest BCUT2D eigenvalue weighted by atomic mass is 35.5. The number of aromatic nitrogens is 2. The van der Waals surface area contributed by atoms with Gasteiger partial charge in [0, 0.05) is 13.1 Å². The molecule has 1 N–H and O–H groups in total. The number of unbranched alkanes of at least 4 members (excludes halogenated alkanes) is 1. The van der Waals surface area contributed by atoms with E-state index in [-0.39, 0.29) is 10.6 Å². The molecule has 0 bridgehead atoms. The highest BCUT2D eigenvalue weighted by molar-refractivity contribution is 6.32. The zero-order valence-electron chi connectivity index (χ0n) is 12.4. The maximum atomic E-state index is 12.1. The summed E-state index contributed by atoms with van der Waals surface area (Å²) in [5.41, 5.74) is 2.69. The third kappa shape index (κ3) is 4.08. The maximum absolute atomic E-state index is 12.1. The fourth-order valence-corrected chi connectivity index (χ4v) is 2.17. The van der Waals surface area contributed by atoms with Crippen molar-refractivity contribution in [3.63, 3.8) is 0 Å². The molecule has 0 atom stereocenters. The molecule has 1 aromatic carbocycles. The van der Waals surface area contributed by atoms with Gasteiger partial charge in [-0.1, -0.05) is 54.8 Å². The van der Waals surface area contributed by atoms with Crippen molar-refractivity contribution >= 4 is 17.3 Å². The van der Waals surface area contributed by atoms with Gasteiger partial charge in [-0.05, 0) is 18.9 Å². The molecule has 21 heavy (non-hydrogen) atoms. The summed E-state index contributed by atoms with van der Waals surface area (Å²) in [4.78, 5) is 12.1. The van der Waals surface area contributed by atoms with Crippen molar-refractivity contribution in [2.45, 2.75) is 39.8 Å². The van der Waals surface area contributed by atoms with Crippen molar-refractivity contribution in [2.24, 2.45) is 0 Å². The zero-order valence-corrected chi connectivity index (χ0v) is 13.2. The normalized spacial score (nSPS) is 10.6. The average molecular weight is 306 g/mol. The monoisotopic (exact) mass is 305 g/mol. The maximum Gasteiger partial charge on any atom is 0.287 e. The summed E-state index contributed by atoms with van der Waals surface area (Å²) >= 11 is 6.13. The molecule has 5 heteroatoms. The molecule has 0 aliphatic rings. The molecule has 2 aromatic rings. The predicted octanol–water partition coefficient (Wildman–Crippen LogP) is 3.62. The Bertz CT molecular complexity index is 650. The number of hydrogen-bond acceptors (Lipinski definition) is 3. The van der Waals surface area contributed by atoms with Gasteiger partial charge in [-0.2, -0.15) is 5.10 Å². The van der Waals surface area contributed by atoms with Crippen LogP contribution in [0.1, 0.15) is 30.9 Å². The molecule has 0 amide bonds. The van der Waals surface area contributed by atoms with Crippen LogP contribution in [0.15, 0.2) is 35.3 Å². The molecule has 0 radical (unpaired) electrons. The van der Waals surface area contributed by atoms with Gasteiger partial charge in [0.1, 0.15) is 5.02 Å². The Hall–Kier alpha value is -1.81. The van der Waals surface area contributed by atoms with Gasteiger partial charge in [-0.3, -0.25) is 4.79 Å². The van der Waals surface area contributed by atoms with E-state index in [9.17, 15) is 4.79 Å². The minimum absolute atomic E-state index is 0.202. The van der Waals surface area contributed by atoms with Gasteiger partial charge in [0.25, 0.3) is 5.56 Å². The van der Waals surface area contributed by atoms with Gasteiger partial charge in [0.2, 0.25) is 0 Å². The summed E-state index contributed by atoms with van der Waals surface area (Å²) in [6.07, 6.45) is 3.55. The van der Waals surface area contributed by atoms with Crippen LogP contribution in [0, 0.1) is 6.92 Å². The van der Waals surface area contributed by atoms with Crippen LogP contribution in [-0.2, 0) is 13.1 Å². The Morgan fingerprint density at radius 2 is 2.00 bits per heavy atom. The van der Waals surface area contributed by atoms with E-state index in [1.165, 1.54) is 10.2 Å². The molecule has 0 saturated heterocycles. The molecule has 0 spiro atoms. The summed E-state index contributed by atoms with van der Waals surface area (Å²) in [6, 6.07) is 8.21. The molecular weight excluding hydrogens is 286 g/mol. The highest BCUT2D eigenvalue weighted by Gasteiger charge is 2.08. The lowest BCUT2D eigenvalue weighted by Gasteiger charge is -2.10. The van der Waals surface area contributed by atoms with Crippen LogP contribution >= 0.6 is 11.6 Å². The number of hydrogen-bond donors (Lipinski definition) is 1. The van der Waals surface area contributed by atoms with Gasteiger partial charge in [-0.15, -0.1) is 0 Å². The van der Waals surface area contributed by atoms with E-state index in [0.717, 1.165) is 18.4 Å². The van der Waals surface area contributed by atoms with Gasteiger partial charge in [-0.25, -0.2) is 4.68 Å². The van der Waals surface area contributed by atoms with E-state index < -0.39 is 0 Å². The molecule has 0 aliphatic carbocycles. The Morgan fingerprint density at radius 1 is 1.29 bits per heavy atom. The predicted molar refractivity (Wildman–Crippen MR) is 86.9 cm³/mol. The lowest BCUT2D eigenvalue weighted by molar-refractivity contribution is 0.543. The van der Waals surface area contributed by atoms with Crippen molar-refractivity contribution in [1.29, 1.82) is 0 Å². The Labute approximate surface area is 129 Å². The molecule has 0 aliphatic heterocycles. The number of rotatable bonds is 6. The van der Waals surface area contributed by atoms with E-state index in [2.05, 4.69) is 29.5 Å². The second-order valence-electron chi connectivity index (χ2n) is 5.09. The Kier molecular flexibility index (Phi) is 5.39. The molecular formula is C16H20ClN3O. The summed E-state index contributed by atoms with van der Waals surface area (Å²) in [5, 5.41) is 7.53. The molecule has 1 aromatic heterocycles. The second-order valence-corrected chi connectivity index (χ2v) is 5.47. The van der Waals surface area contributed by atoms with Crippen LogP contribution in [-0.4, -0.2) is 9.78 Å². The van der Waals surface area contributed by atoms with Crippen LogP contribution in [0.4, 0.5) is 5.69 Å². The SMILES string of the molecule is CCCCn1ncc(NCc2ccc(C)cc2)c(Cl)c1=O. The van der Waals surface area contributed by atoms with Crippen LogP contribution in [0.5, 0.6) is 0 Å². The van der Waals surface area contributed by atoms with E-state index in [0.29, 0.717) is 18.8 Å². The van der Waals surface area contributed by atoms with Crippen molar-refractivity contribution in [1.82, 2.24) is 9.78 Å². The van der Waals surface area contributed by atoms with Crippen molar-refractivity contribution in [3.8, 4) is 0 Å². The molecule has 0 fully saturated rings. The molecule has 0 saturated carbocycles. The fourth-order valence-electron chi connectivity index (χ4n) is 1.96. The smallest absolute Gasteiger partial charge is 0.287 e. The fraction of sp³-hybridized carbons (Fsp3) is 0.375. The third-order valence-electron chi connectivity index (χ3n) is 3.31. The standard InChI is InChI=1S/C16H20ClN3O/c1-3-4-9-20-16(21)15(17)14(11-19-20)18-10-13-7-5-12(2)6-8-13/h5-8,11,18H,3-4,9-10H2,1-2H3. The first-order valence-electron chi connectivity index (χ1n) is 7.17. The average Bonchev–Trinajstić information content (AvgIpc) is 2.49. The summed E-state index contributed by atoms with van der Waals surface area (Å²) < 4.78 is 1.42. The molecule has 1 heterocycles. The van der Waals surface area contributed by atoms with Gasteiger partial charge >= 0.3 is 0 Å². The molecule has 4 nitrogen and oxygen atoms in total. The van der Waals surface area contributed by atoms with Crippen molar-refractivity contribution in [2.75, 3.05) is 5.32 Å². The summed E-state index contributed by atoms with van der Waals surface area (Å²) in [7, 11) is 0. The second kappa shape index (κ2) is 7.27. The molecule has 0 unspecified atom stereocenters. The minimum atomic E-state index is -0.237. The quantitative estimate of drug-likeness (QED) is 0.886. The van der Waals surface area contributed by atoms with E-state index in [1.807, 2.05) is 19.1 Å². The lowest BCUT2D eigenvalue weighted by atomic mass is 10.1. The first kappa shape index (κ1) is 15.6. The minimum Gasteiger partial charge on any atom is -0.378 e. The lowest BCUT2D eigenvalue weighted by Crippen LogP contribution is -2.24. The number of anilines is 1. The zero-order chi connectivity index (χ0) is 15.2. The van der Waals surface area contributed by atoms with Crippen molar-refractivity contribution < 1.29 is 0 Å². The van der Waals surface area contributed by atoms with E-state index in [1.54, 1.807) is 6.20 Å². The van der Waals surface area contributed by atoms with Crippen LogP contribution in [0.3, 0.4) is 0 Å². The van der Waals surface area contributed by atoms with Crippen LogP contribution < -0.4 is 10.9 Å². The topological polar surface area (TPSA) is 46.9 Å². The number of halogens is 1. The molecule has 2 rings (SSSR count). The van der Waals surface area contributed by atoms with Crippen LogP contribution in [0.2, 0.25) is 5.02 Å². The number of benzene rings is 1. The third-order valence-corrected chi connectivity index (χ3v) is 3.68. The largest absolute Gasteiger partial charge is 0.378 e. The molecule has 112 valence electrons. The first-order valence-corrected chi connectivity index (χ1v) is 7.54. The summed E-state index contributed by atoms with van der Waals surface area (Å²) in [5.74, 6) is 0. The highest BCUT2D eigenvalue weighted by Crippen LogP contribution is 2.16. The van der Waals surface area contributed by atoms with Gasteiger partial charge in [0.15, 0.2) is 0 Å². The number of nitrogens with one attached hydrogen (secondary N) is 1. The Balaban J connectivity index is 2.08. The van der Waals surface area contributed by atoms with Gasteiger partial charge < -0.3 is 5.32 Å².